The van der Waals surface area contributed by atoms with Gasteiger partial charge < -0.3 is 18.6 Å². The molecule has 1 aliphatic rings. The molecule has 0 saturated carbocycles. The number of ether oxygens (including phenoxy) is 3. The van der Waals surface area contributed by atoms with Crippen LogP contribution >= 0.6 is 0 Å². The molecule has 0 aromatic heterocycles. The second kappa shape index (κ2) is 13.4. The Morgan fingerprint density at radius 2 is 1.02 bits per heavy atom. The predicted octanol–water partition coefficient (Wildman–Crippen LogP) is 6.82. The average molecular weight is 585 g/mol. The molecule has 4 aromatic rings. The summed E-state index contributed by atoms with van der Waals surface area (Å²) in [7, 11) is -3.08. The fraction of sp³-hybridized carbons (Fsp3) is 0.333. The second-order valence-corrected chi connectivity index (χ2v) is 16.2. The van der Waals surface area contributed by atoms with Gasteiger partial charge in [0, 0.05) is 0 Å². The zero-order valence-corrected chi connectivity index (χ0v) is 25.9. The molecule has 0 aliphatic carbocycles. The van der Waals surface area contributed by atoms with Crippen LogP contribution in [-0.2, 0) is 31.9 Å². The third kappa shape index (κ3) is 6.58. The number of hydrogen-bond acceptors (Lipinski definition) is 4. The van der Waals surface area contributed by atoms with Crippen molar-refractivity contribution in [3.63, 3.8) is 0 Å². The van der Waals surface area contributed by atoms with Crippen molar-refractivity contribution in [1.82, 2.24) is 0 Å². The molecule has 1 aliphatic heterocycles. The van der Waals surface area contributed by atoms with Gasteiger partial charge in [-0.2, -0.15) is 0 Å². The Morgan fingerprint density at radius 3 is 1.45 bits per heavy atom. The molecule has 0 bridgehead atoms. The lowest BCUT2D eigenvalue weighted by molar-refractivity contribution is -0.273. The van der Waals surface area contributed by atoms with Crippen molar-refractivity contribution in [2.24, 2.45) is 0 Å². The van der Waals surface area contributed by atoms with E-state index in [1.54, 1.807) is 0 Å². The average Bonchev–Trinajstić information content (AvgIpc) is 3.00. The molecule has 42 heavy (non-hydrogen) atoms. The van der Waals surface area contributed by atoms with Crippen LogP contribution in [0.4, 0.5) is 4.39 Å². The summed E-state index contributed by atoms with van der Waals surface area (Å²) in [5.41, 5.74) is 1.98. The van der Waals surface area contributed by atoms with Gasteiger partial charge in [-0.1, -0.05) is 142 Å². The van der Waals surface area contributed by atoms with E-state index in [1.165, 1.54) is 0 Å². The van der Waals surface area contributed by atoms with Crippen LogP contribution in [0.3, 0.4) is 0 Å². The van der Waals surface area contributed by atoms with Gasteiger partial charge >= 0.3 is 0 Å². The molecular formula is C36H41FO4Si. The Labute approximate surface area is 250 Å². The minimum absolute atomic E-state index is 0.232. The molecule has 0 spiro atoms. The first kappa shape index (κ1) is 30.3. The van der Waals surface area contributed by atoms with Crippen molar-refractivity contribution in [1.29, 1.82) is 0 Å². The van der Waals surface area contributed by atoms with Crippen LogP contribution in [0.5, 0.6) is 0 Å². The second-order valence-electron chi connectivity index (χ2n) is 12.0. The summed E-state index contributed by atoms with van der Waals surface area (Å²) in [5, 5.41) is 1.92. The molecule has 5 rings (SSSR count). The molecule has 6 heteroatoms. The van der Waals surface area contributed by atoms with Crippen LogP contribution < -0.4 is 10.4 Å². The number of halogens is 1. The highest BCUT2D eigenvalue weighted by atomic mass is 28.4. The monoisotopic (exact) mass is 584 g/mol. The molecule has 0 unspecified atom stereocenters. The summed E-state index contributed by atoms with van der Waals surface area (Å²) in [6, 6.07) is 40.6. The smallest absolute Gasteiger partial charge is 0.261 e. The fourth-order valence-corrected chi connectivity index (χ4v) is 10.6. The molecule has 5 atom stereocenters. The third-order valence-electron chi connectivity index (χ3n) is 8.01. The van der Waals surface area contributed by atoms with Crippen LogP contribution in [0.1, 0.15) is 38.8 Å². The van der Waals surface area contributed by atoms with Crippen molar-refractivity contribution in [3.8, 4) is 0 Å². The quantitative estimate of drug-likeness (QED) is 0.192. The number of alkyl halides is 1. The van der Waals surface area contributed by atoms with E-state index in [4.69, 9.17) is 18.6 Å². The van der Waals surface area contributed by atoms with E-state index in [-0.39, 0.29) is 11.6 Å². The largest absolute Gasteiger partial charge is 0.399 e. The summed E-state index contributed by atoms with van der Waals surface area (Å²) in [6.45, 7) is 9.09. The SMILES string of the molecule is C[C@@H]1O[C@H](F)[C@@H](OCc2ccccc2)[C@@H](O[Si](c2ccccc2)(c2ccccc2)C(C)(C)C)[C@@H]1OCc1ccccc1. The third-order valence-corrected chi connectivity index (χ3v) is 13.0. The van der Waals surface area contributed by atoms with E-state index >= 15 is 4.39 Å². The highest BCUT2D eigenvalue weighted by Gasteiger charge is 2.56. The van der Waals surface area contributed by atoms with Gasteiger partial charge in [0.05, 0.1) is 19.3 Å². The Hall–Kier alpha value is -3.13. The molecule has 1 heterocycles. The summed E-state index contributed by atoms with van der Waals surface area (Å²) >= 11 is 0. The minimum Gasteiger partial charge on any atom is -0.399 e. The van der Waals surface area contributed by atoms with Gasteiger partial charge in [0.2, 0.25) is 6.36 Å². The van der Waals surface area contributed by atoms with Gasteiger partial charge in [-0.15, -0.1) is 0 Å². The van der Waals surface area contributed by atoms with Crippen LogP contribution in [0.15, 0.2) is 121 Å². The highest BCUT2D eigenvalue weighted by Crippen LogP contribution is 2.41. The molecule has 4 nitrogen and oxygen atoms in total. The molecule has 4 aromatic carbocycles. The Bertz CT molecular complexity index is 1270. The first-order valence-electron chi connectivity index (χ1n) is 14.7. The van der Waals surface area contributed by atoms with Crippen LogP contribution in [0, 0.1) is 0 Å². The molecular weight excluding hydrogens is 543 g/mol. The minimum atomic E-state index is -3.08. The van der Waals surface area contributed by atoms with E-state index in [0.717, 1.165) is 21.5 Å². The maximum atomic E-state index is 16.0. The van der Waals surface area contributed by atoms with Gasteiger partial charge in [0.15, 0.2) is 0 Å². The van der Waals surface area contributed by atoms with E-state index in [9.17, 15) is 0 Å². The van der Waals surface area contributed by atoms with E-state index < -0.39 is 39.1 Å². The summed E-state index contributed by atoms with van der Waals surface area (Å²) in [4.78, 5) is 0. The lowest BCUT2D eigenvalue weighted by Crippen LogP contribution is -2.71. The number of rotatable bonds is 10. The Balaban J connectivity index is 1.60. The van der Waals surface area contributed by atoms with E-state index in [2.05, 4.69) is 45.0 Å². The van der Waals surface area contributed by atoms with Crippen molar-refractivity contribution in [2.45, 2.75) is 76.7 Å². The van der Waals surface area contributed by atoms with Gasteiger partial charge in [-0.3, -0.25) is 0 Å². The maximum absolute atomic E-state index is 16.0. The maximum Gasteiger partial charge on any atom is 0.261 e. The zero-order chi connectivity index (χ0) is 29.6. The molecule has 1 fully saturated rings. The van der Waals surface area contributed by atoms with Gasteiger partial charge in [0.1, 0.15) is 18.3 Å². The van der Waals surface area contributed by atoms with Gasteiger partial charge in [-0.05, 0) is 33.5 Å². The highest BCUT2D eigenvalue weighted by molar-refractivity contribution is 6.99. The van der Waals surface area contributed by atoms with Crippen molar-refractivity contribution in [2.75, 3.05) is 0 Å². The summed E-state index contributed by atoms with van der Waals surface area (Å²) in [6.07, 6.45) is -4.53. The van der Waals surface area contributed by atoms with Crippen LogP contribution in [0.2, 0.25) is 5.04 Å². The lowest BCUT2D eigenvalue weighted by Gasteiger charge is -2.50. The zero-order valence-electron chi connectivity index (χ0n) is 24.9. The van der Waals surface area contributed by atoms with E-state index in [0.29, 0.717) is 6.61 Å². The molecule has 1 saturated heterocycles. The van der Waals surface area contributed by atoms with Crippen molar-refractivity contribution < 1.29 is 23.0 Å². The number of benzene rings is 4. The van der Waals surface area contributed by atoms with Crippen molar-refractivity contribution >= 4 is 18.7 Å². The van der Waals surface area contributed by atoms with Crippen LogP contribution in [0.25, 0.3) is 0 Å². The van der Waals surface area contributed by atoms with Gasteiger partial charge in [0.25, 0.3) is 8.32 Å². The molecule has 0 amide bonds. The first-order chi connectivity index (χ1) is 20.3. The van der Waals surface area contributed by atoms with Crippen molar-refractivity contribution in [3.05, 3.63) is 132 Å². The molecule has 0 radical (unpaired) electrons. The van der Waals surface area contributed by atoms with Crippen LogP contribution in [-0.4, -0.2) is 39.1 Å². The summed E-state index contributed by atoms with van der Waals surface area (Å²) in [5.74, 6) is 0. The number of hydrogen-bond donors (Lipinski definition) is 0. The fourth-order valence-electron chi connectivity index (χ4n) is 5.93. The topological polar surface area (TPSA) is 36.9 Å². The molecule has 0 N–H and O–H groups in total. The molecule has 220 valence electrons. The normalized spacial score (nSPS) is 23.0. The standard InChI is InChI=1S/C36H41FO4Si/c1-27-32(38-25-28-17-9-5-10-18-28)33(34(35(37)40-27)39-26-29-19-11-6-12-20-29)41-42(36(2,3)4,30-21-13-7-14-22-30)31-23-15-8-16-24-31/h5-24,27,32-35H,25-26H2,1-4H3/t27-,32+,33-,34-,35-/m0/s1. The van der Waals surface area contributed by atoms with Gasteiger partial charge in [-0.25, -0.2) is 4.39 Å². The Kier molecular flexibility index (Phi) is 9.71. The lowest BCUT2D eigenvalue weighted by atomic mass is 9.99. The summed E-state index contributed by atoms with van der Waals surface area (Å²) < 4.78 is 42.3. The first-order valence-corrected chi connectivity index (χ1v) is 16.6. The van der Waals surface area contributed by atoms with E-state index in [1.807, 2.05) is 104 Å². The predicted molar refractivity (Wildman–Crippen MR) is 168 cm³/mol. The Morgan fingerprint density at radius 1 is 0.619 bits per heavy atom.